The zero-order chi connectivity index (χ0) is 19.7. The summed E-state index contributed by atoms with van der Waals surface area (Å²) in [5.41, 5.74) is 6.36. The Morgan fingerprint density at radius 1 is 1.11 bits per heavy atom. The second kappa shape index (κ2) is 7.34. The van der Waals surface area contributed by atoms with Gasteiger partial charge in [-0.15, -0.1) is 0 Å². The number of fused-ring (bicyclic) bond motifs is 1. The summed E-state index contributed by atoms with van der Waals surface area (Å²) in [7, 11) is 0. The molecule has 0 saturated carbocycles. The third-order valence-electron chi connectivity index (χ3n) is 5.12. The Kier molecular flexibility index (Phi) is 5.12. The van der Waals surface area contributed by atoms with Crippen LogP contribution in [0.3, 0.4) is 0 Å². The van der Waals surface area contributed by atoms with Crippen molar-refractivity contribution in [3.05, 3.63) is 56.5 Å². The predicted octanol–water partition coefficient (Wildman–Crippen LogP) is 2.02. The van der Waals surface area contributed by atoms with Crippen molar-refractivity contribution in [2.75, 3.05) is 6.54 Å². The van der Waals surface area contributed by atoms with Crippen LogP contribution in [-0.2, 0) is 17.8 Å². The molecule has 1 amide bonds. The van der Waals surface area contributed by atoms with Crippen LogP contribution in [-0.4, -0.2) is 32.0 Å². The number of aromatic amines is 1. The average Bonchev–Trinajstić information content (AvgIpc) is 2.98. The predicted molar refractivity (Wildman–Crippen MR) is 105 cm³/mol. The molecule has 2 aromatic heterocycles. The lowest BCUT2D eigenvalue weighted by atomic mass is 10.1. The number of nitrogens with zero attached hydrogens (tertiary/aromatic N) is 3. The summed E-state index contributed by atoms with van der Waals surface area (Å²) < 4.78 is 1.41. The van der Waals surface area contributed by atoms with Gasteiger partial charge in [0, 0.05) is 24.4 Å². The number of hydrogen-bond acceptors (Lipinski definition) is 4. The van der Waals surface area contributed by atoms with Gasteiger partial charge in [0.1, 0.15) is 12.4 Å². The van der Waals surface area contributed by atoms with Gasteiger partial charge >= 0.3 is 5.69 Å². The maximum Gasteiger partial charge on any atom is 0.348 e. The quantitative estimate of drug-likeness (QED) is 0.722. The van der Waals surface area contributed by atoms with Gasteiger partial charge in [-0.3, -0.25) is 9.36 Å². The smallest absolute Gasteiger partial charge is 0.348 e. The minimum atomic E-state index is -0.395. The van der Waals surface area contributed by atoms with Gasteiger partial charge in [0.05, 0.1) is 11.0 Å². The first kappa shape index (κ1) is 18.8. The molecule has 3 rings (SSSR count). The number of benzene rings is 1. The number of imidazole rings is 1. The second-order valence-electron chi connectivity index (χ2n) is 7.01. The molecule has 142 valence electrons. The van der Waals surface area contributed by atoms with E-state index in [1.807, 2.05) is 13.8 Å². The van der Waals surface area contributed by atoms with Crippen molar-refractivity contribution in [1.82, 2.24) is 24.8 Å². The highest BCUT2D eigenvalue weighted by Gasteiger charge is 2.12. The molecule has 7 nitrogen and oxygen atoms in total. The molecule has 0 bridgehead atoms. The summed E-state index contributed by atoms with van der Waals surface area (Å²) in [5, 5.41) is 2.85. The van der Waals surface area contributed by atoms with Gasteiger partial charge in [0.15, 0.2) is 0 Å². The second-order valence-corrected chi connectivity index (χ2v) is 7.01. The van der Waals surface area contributed by atoms with Gasteiger partial charge < -0.3 is 10.3 Å². The van der Waals surface area contributed by atoms with Gasteiger partial charge in [-0.05, 0) is 63.4 Å². The van der Waals surface area contributed by atoms with Crippen LogP contribution in [0, 0.1) is 34.6 Å². The molecular weight excluding hydrogens is 342 g/mol. The molecule has 0 aliphatic carbocycles. The summed E-state index contributed by atoms with van der Waals surface area (Å²) in [6.07, 6.45) is 0.595. The first-order valence-electron chi connectivity index (χ1n) is 9.03. The number of aryl methyl sites for hydroxylation is 3. The average molecular weight is 367 g/mol. The van der Waals surface area contributed by atoms with Crippen LogP contribution < -0.4 is 11.0 Å². The molecule has 0 radical (unpaired) electrons. The molecule has 0 aliphatic rings. The molecule has 3 aromatic rings. The number of H-pyrrole nitrogens is 1. The summed E-state index contributed by atoms with van der Waals surface area (Å²) >= 11 is 0. The first-order valence-corrected chi connectivity index (χ1v) is 9.03. The van der Waals surface area contributed by atoms with E-state index in [1.165, 1.54) is 15.7 Å². The largest absolute Gasteiger partial charge is 0.354 e. The Morgan fingerprint density at radius 2 is 1.81 bits per heavy atom. The number of hydrogen-bond donors (Lipinski definition) is 2. The van der Waals surface area contributed by atoms with E-state index in [9.17, 15) is 9.59 Å². The SMILES string of the molecule is Cc1cc2nc(CCNC(=O)Cn3c(C)c(C)c(C)nc3=O)[nH]c2cc1C. The minimum absolute atomic E-state index is 0.0304. The monoisotopic (exact) mass is 367 g/mol. The zero-order valence-corrected chi connectivity index (χ0v) is 16.4. The fourth-order valence-corrected chi connectivity index (χ4v) is 3.04. The molecule has 0 aliphatic heterocycles. The highest BCUT2D eigenvalue weighted by atomic mass is 16.2. The topological polar surface area (TPSA) is 92.7 Å². The van der Waals surface area contributed by atoms with E-state index in [0.717, 1.165) is 28.1 Å². The lowest BCUT2D eigenvalue weighted by molar-refractivity contribution is -0.121. The Balaban J connectivity index is 1.62. The highest BCUT2D eigenvalue weighted by Crippen LogP contribution is 2.17. The number of amides is 1. The van der Waals surface area contributed by atoms with Crippen LogP contribution in [0.4, 0.5) is 0 Å². The van der Waals surface area contributed by atoms with E-state index >= 15 is 0 Å². The van der Waals surface area contributed by atoms with Crippen LogP contribution >= 0.6 is 0 Å². The Hall–Kier alpha value is -2.96. The minimum Gasteiger partial charge on any atom is -0.354 e. The summed E-state index contributed by atoms with van der Waals surface area (Å²) in [4.78, 5) is 36.1. The highest BCUT2D eigenvalue weighted by molar-refractivity contribution is 5.77. The molecule has 0 unspecified atom stereocenters. The third-order valence-corrected chi connectivity index (χ3v) is 5.12. The molecule has 27 heavy (non-hydrogen) atoms. The van der Waals surface area contributed by atoms with Crippen LogP contribution in [0.1, 0.15) is 33.9 Å². The van der Waals surface area contributed by atoms with Crippen molar-refractivity contribution >= 4 is 16.9 Å². The van der Waals surface area contributed by atoms with E-state index in [4.69, 9.17) is 0 Å². The number of rotatable bonds is 5. The van der Waals surface area contributed by atoms with E-state index < -0.39 is 5.69 Å². The molecule has 2 heterocycles. The summed E-state index contributed by atoms with van der Waals surface area (Å²) in [6.45, 7) is 10.1. The van der Waals surface area contributed by atoms with Gasteiger partial charge in [-0.1, -0.05) is 0 Å². The van der Waals surface area contributed by atoms with Crippen molar-refractivity contribution in [3.63, 3.8) is 0 Å². The van der Waals surface area contributed by atoms with E-state index in [-0.39, 0.29) is 12.5 Å². The van der Waals surface area contributed by atoms with Crippen LogP contribution in [0.2, 0.25) is 0 Å². The first-order chi connectivity index (χ1) is 12.8. The van der Waals surface area contributed by atoms with Crippen LogP contribution in [0.15, 0.2) is 16.9 Å². The van der Waals surface area contributed by atoms with Crippen LogP contribution in [0.25, 0.3) is 11.0 Å². The fourth-order valence-electron chi connectivity index (χ4n) is 3.04. The van der Waals surface area contributed by atoms with Crippen molar-refractivity contribution in [1.29, 1.82) is 0 Å². The van der Waals surface area contributed by atoms with Crippen molar-refractivity contribution in [3.8, 4) is 0 Å². The number of carbonyl (C=O) groups is 1. The maximum atomic E-state index is 12.2. The number of carbonyl (C=O) groups excluding carboxylic acids is 1. The zero-order valence-electron chi connectivity index (χ0n) is 16.4. The Labute approximate surface area is 157 Å². The van der Waals surface area contributed by atoms with Gasteiger partial charge in [0.2, 0.25) is 5.91 Å². The summed E-state index contributed by atoms with van der Waals surface area (Å²) in [5.74, 6) is 0.615. The van der Waals surface area contributed by atoms with Crippen molar-refractivity contribution in [2.45, 2.75) is 47.6 Å². The standard InChI is InChI=1S/C20H25N5O2/c1-11-8-16-17(9-12(11)2)24-18(23-16)6-7-21-19(26)10-25-15(5)13(3)14(4)22-20(25)27/h8-9H,6-7,10H2,1-5H3,(H,21,26)(H,23,24). The lowest BCUT2D eigenvalue weighted by Gasteiger charge is -2.12. The van der Waals surface area contributed by atoms with Crippen molar-refractivity contribution in [2.24, 2.45) is 0 Å². The molecule has 0 saturated heterocycles. The van der Waals surface area contributed by atoms with Gasteiger partial charge in [-0.2, -0.15) is 4.98 Å². The van der Waals surface area contributed by atoms with Crippen LogP contribution in [0.5, 0.6) is 0 Å². The summed E-state index contributed by atoms with van der Waals surface area (Å²) in [6, 6.07) is 4.15. The Bertz CT molecular complexity index is 1040. The lowest BCUT2D eigenvalue weighted by Crippen LogP contribution is -2.36. The van der Waals surface area contributed by atoms with Gasteiger partial charge in [-0.25, -0.2) is 9.78 Å². The third kappa shape index (κ3) is 3.92. The molecule has 1 aromatic carbocycles. The Morgan fingerprint density at radius 3 is 2.56 bits per heavy atom. The number of nitrogens with one attached hydrogen (secondary N) is 2. The van der Waals surface area contributed by atoms with E-state index in [2.05, 4.69) is 46.2 Å². The molecular formula is C20H25N5O2. The molecule has 7 heteroatoms. The van der Waals surface area contributed by atoms with Crippen molar-refractivity contribution < 1.29 is 4.79 Å². The molecule has 0 fully saturated rings. The van der Waals surface area contributed by atoms with Gasteiger partial charge in [0.25, 0.3) is 0 Å². The van der Waals surface area contributed by atoms with E-state index in [1.54, 1.807) is 6.92 Å². The number of aromatic nitrogens is 4. The normalized spacial score (nSPS) is 11.1. The molecule has 2 N–H and O–H groups in total. The molecule has 0 spiro atoms. The molecule has 0 atom stereocenters. The van der Waals surface area contributed by atoms with E-state index in [0.29, 0.717) is 18.7 Å². The fraction of sp³-hybridized carbons (Fsp3) is 0.400. The maximum absolute atomic E-state index is 12.2.